The normalized spacial score (nSPS) is 20.2. The maximum Gasteiger partial charge on any atom is 0.0792 e. The van der Waals surface area contributed by atoms with Crippen LogP contribution in [0.3, 0.4) is 0 Å². The summed E-state index contributed by atoms with van der Waals surface area (Å²) in [6, 6.07) is 6.71. The van der Waals surface area contributed by atoms with Gasteiger partial charge in [-0.3, -0.25) is 0 Å². The molecule has 0 bridgehead atoms. The van der Waals surface area contributed by atoms with E-state index in [1.165, 1.54) is 36.0 Å². The van der Waals surface area contributed by atoms with Crippen LogP contribution >= 0.6 is 0 Å². The van der Waals surface area contributed by atoms with E-state index in [0.717, 1.165) is 25.7 Å². The summed E-state index contributed by atoms with van der Waals surface area (Å²) in [5, 5.41) is 10.1. The van der Waals surface area contributed by atoms with Crippen LogP contribution in [0.25, 0.3) is 0 Å². The standard InChI is InChI=1S/C15H22O/c1-2-3-6-12-9-10-13-7-4-5-8-15(16)14(13)11-12/h9-11,15-16H,2-8H2,1H3. The van der Waals surface area contributed by atoms with Crippen molar-refractivity contribution in [3.05, 3.63) is 34.9 Å². The Morgan fingerprint density at radius 2 is 2.19 bits per heavy atom. The Kier molecular flexibility index (Phi) is 4.00. The molecule has 1 nitrogen and oxygen atoms in total. The largest absolute Gasteiger partial charge is 0.388 e. The molecular formula is C15H22O. The van der Waals surface area contributed by atoms with Crippen LogP contribution in [0.2, 0.25) is 0 Å². The summed E-state index contributed by atoms with van der Waals surface area (Å²) in [7, 11) is 0. The topological polar surface area (TPSA) is 20.2 Å². The first-order valence-corrected chi connectivity index (χ1v) is 6.61. The van der Waals surface area contributed by atoms with E-state index >= 15 is 0 Å². The van der Waals surface area contributed by atoms with Gasteiger partial charge >= 0.3 is 0 Å². The predicted molar refractivity (Wildman–Crippen MR) is 67.6 cm³/mol. The molecule has 1 unspecified atom stereocenters. The van der Waals surface area contributed by atoms with Crippen molar-refractivity contribution >= 4 is 0 Å². The van der Waals surface area contributed by atoms with Gasteiger partial charge in [-0.25, -0.2) is 0 Å². The first-order valence-electron chi connectivity index (χ1n) is 6.61. The Balaban J connectivity index is 2.21. The van der Waals surface area contributed by atoms with Gasteiger partial charge in [0.1, 0.15) is 0 Å². The quantitative estimate of drug-likeness (QED) is 0.765. The van der Waals surface area contributed by atoms with E-state index in [2.05, 4.69) is 25.1 Å². The number of aryl methyl sites for hydroxylation is 2. The van der Waals surface area contributed by atoms with Gasteiger partial charge in [-0.05, 0) is 48.8 Å². The molecule has 0 heterocycles. The molecule has 1 aliphatic carbocycles. The summed E-state index contributed by atoms with van der Waals surface area (Å²) in [5.41, 5.74) is 3.96. The molecule has 0 saturated carbocycles. The Bertz CT molecular complexity index is 343. The molecule has 0 aromatic heterocycles. The summed E-state index contributed by atoms with van der Waals surface area (Å²) < 4.78 is 0. The number of unbranched alkanes of at least 4 members (excludes halogenated alkanes) is 1. The third kappa shape index (κ3) is 2.65. The molecule has 0 radical (unpaired) electrons. The monoisotopic (exact) mass is 218 g/mol. The lowest BCUT2D eigenvalue weighted by Gasteiger charge is -2.13. The lowest BCUT2D eigenvalue weighted by Crippen LogP contribution is -2.00. The van der Waals surface area contributed by atoms with E-state index in [0.29, 0.717) is 0 Å². The van der Waals surface area contributed by atoms with E-state index in [-0.39, 0.29) is 6.10 Å². The van der Waals surface area contributed by atoms with Crippen LogP contribution in [-0.4, -0.2) is 5.11 Å². The molecule has 16 heavy (non-hydrogen) atoms. The van der Waals surface area contributed by atoms with Crippen LogP contribution < -0.4 is 0 Å². The van der Waals surface area contributed by atoms with Gasteiger partial charge in [-0.1, -0.05) is 38.0 Å². The van der Waals surface area contributed by atoms with Crippen molar-refractivity contribution < 1.29 is 5.11 Å². The lowest BCUT2D eigenvalue weighted by molar-refractivity contribution is 0.166. The SMILES string of the molecule is CCCCc1ccc2c(c1)C(O)CCCC2. The van der Waals surface area contributed by atoms with E-state index < -0.39 is 0 Å². The van der Waals surface area contributed by atoms with Gasteiger partial charge in [-0.2, -0.15) is 0 Å². The average molecular weight is 218 g/mol. The number of aliphatic hydroxyl groups excluding tert-OH is 1. The van der Waals surface area contributed by atoms with Crippen LogP contribution in [-0.2, 0) is 12.8 Å². The summed E-state index contributed by atoms with van der Waals surface area (Å²) in [5.74, 6) is 0. The van der Waals surface area contributed by atoms with Gasteiger partial charge in [0.05, 0.1) is 6.10 Å². The molecule has 1 N–H and O–H groups in total. The zero-order valence-corrected chi connectivity index (χ0v) is 10.2. The number of hydrogen-bond donors (Lipinski definition) is 1. The van der Waals surface area contributed by atoms with Crippen molar-refractivity contribution in [3.63, 3.8) is 0 Å². The van der Waals surface area contributed by atoms with Crippen molar-refractivity contribution in [2.45, 2.75) is 58.0 Å². The van der Waals surface area contributed by atoms with Gasteiger partial charge in [0.15, 0.2) is 0 Å². The third-order valence-corrected chi connectivity index (χ3v) is 3.56. The minimum Gasteiger partial charge on any atom is -0.388 e. The molecular weight excluding hydrogens is 196 g/mol. The van der Waals surface area contributed by atoms with E-state index in [1.807, 2.05) is 0 Å². The molecule has 0 amide bonds. The van der Waals surface area contributed by atoms with Crippen molar-refractivity contribution in [2.75, 3.05) is 0 Å². The molecule has 1 atom stereocenters. The van der Waals surface area contributed by atoms with Crippen LogP contribution in [0.1, 0.15) is 61.8 Å². The highest BCUT2D eigenvalue weighted by Gasteiger charge is 2.16. The highest BCUT2D eigenvalue weighted by molar-refractivity contribution is 5.34. The maximum absolute atomic E-state index is 10.1. The van der Waals surface area contributed by atoms with Crippen LogP contribution in [0.4, 0.5) is 0 Å². The van der Waals surface area contributed by atoms with Gasteiger partial charge in [0.2, 0.25) is 0 Å². The number of benzene rings is 1. The number of fused-ring (bicyclic) bond motifs is 1. The van der Waals surface area contributed by atoms with E-state index in [9.17, 15) is 5.11 Å². The molecule has 0 spiro atoms. The molecule has 1 aromatic carbocycles. The summed E-state index contributed by atoms with van der Waals surface area (Å²) >= 11 is 0. The fourth-order valence-electron chi connectivity index (χ4n) is 2.53. The summed E-state index contributed by atoms with van der Waals surface area (Å²) in [6.07, 6.45) is 7.85. The second-order valence-electron chi connectivity index (χ2n) is 4.90. The van der Waals surface area contributed by atoms with Crippen molar-refractivity contribution in [1.82, 2.24) is 0 Å². The van der Waals surface area contributed by atoms with Crippen LogP contribution in [0, 0.1) is 0 Å². The summed E-state index contributed by atoms with van der Waals surface area (Å²) in [6.45, 7) is 2.22. The molecule has 0 aliphatic heterocycles. The molecule has 1 aromatic rings. The second kappa shape index (κ2) is 5.49. The Morgan fingerprint density at radius 1 is 1.31 bits per heavy atom. The summed E-state index contributed by atoms with van der Waals surface area (Å²) in [4.78, 5) is 0. The average Bonchev–Trinajstić information content (AvgIpc) is 2.49. The lowest BCUT2D eigenvalue weighted by atomic mass is 9.96. The minimum absolute atomic E-state index is 0.223. The smallest absolute Gasteiger partial charge is 0.0792 e. The van der Waals surface area contributed by atoms with Crippen LogP contribution in [0.15, 0.2) is 18.2 Å². The molecule has 88 valence electrons. The minimum atomic E-state index is -0.223. The second-order valence-corrected chi connectivity index (χ2v) is 4.90. The maximum atomic E-state index is 10.1. The van der Waals surface area contributed by atoms with Gasteiger partial charge in [0.25, 0.3) is 0 Å². The molecule has 1 heteroatoms. The molecule has 2 rings (SSSR count). The zero-order chi connectivity index (χ0) is 11.4. The highest BCUT2D eigenvalue weighted by Crippen LogP contribution is 2.29. The first kappa shape index (κ1) is 11.7. The molecule has 0 fully saturated rings. The highest BCUT2D eigenvalue weighted by atomic mass is 16.3. The number of hydrogen-bond acceptors (Lipinski definition) is 1. The van der Waals surface area contributed by atoms with E-state index in [1.54, 1.807) is 0 Å². The molecule has 1 aliphatic rings. The number of aliphatic hydroxyl groups is 1. The fourth-order valence-corrected chi connectivity index (χ4v) is 2.53. The van der Waals surface area contributed by atoms with Crippen molar-refractivity contribution in [2.24, 2.45) is 0 Å². The van der Waals surface area contributed by atoms with Crippen molar-refractivity contribution in [3.8, 4) is 0 Å². The van der Waals surface area contributed by atoms with Crippen LogP contribution in [0.5, 0.6) is 0 Å². The Hall–Kier alpha value is -0.820. The third-order valence-electron chi connectivity index (χ3n) is 3.56. The predicted octanol–water partition coefficient (Wildman–Crippen LogP) is 3.79. The number of rotatable bonds is 3. The molecule has 0 saturated heterocycles. The Morgan fingerprint density at radius 3 is 3.00 bits per heavy atom. The van der Waals surface area contributed by atoms with Gasteiger partial charge < -0.3 is 5.11 Å². The van der Waals surface area contributed by atoms with Gasteiger partial charge in [-0.15, -0.1) is 0 Å². The van der Waals surface area contributed by atoms with Gasteiger partial charge in [0, 0.05) is 0 Å². The first-order chi connectivity index (χ1) is 7.81. The van der Waals surface area contributed by atoms with E-state index in [4.69, 9.17) is 0 Å². The van der Waals surface area contributed by atoms with Crippen molar-refractivity contribution in [1.29, 1.82) is 0 Å². The Labute approximate surface area is 98.5 Å². The fraction of sp³-hybridized carbons (Fsp3) is 0.600. The zero-order valence-electron chi connectivity index (χ0n) is 10.2.